The van der Waals surface area contributed by atoms with Crippen LogP contribution in [0.1, 0.15) is 0 Å². The Morgan fingerprint density at radius 3 is 1.00 bits per heavy atom. The molecule has 0 heterocycles. The molecule has 0 unspecified atom stereocenters. The molecular formula is O5P2Ru2+2. The zero-order chi connectivity index (χ0) is 5.86. The van der Waals surface area contributed by atoms with Gasteiger partial charge in [0.05, 0.1) is 0 Å². The molecule has 2 radical (unpaired) electrons. The third-order valence-electron chi connectivity index (χ3n) is 0.133. The van der Waals surface area contributed by atoms with Crippen LogP contribution in [0.4, 0.5) is 0 Å². The van der Waals surface area contributed by atoms with Crippen molar-refractivity contribution in [3.8, 4) is 0 Å². The predicted molar refractivity (Wildman–Crippen MR) is 14.9 cm³/mol. The van der Waals surface area contributed by atoms with Gasteiger partial charge in [0.1, 0.15) is 0 Å². The second-order valence-electron chi connectivity index (χ2n) is 0.529. The largest absolute Gasteiger partial charge is 3.00 e. The fraction of sp³-hybridized carbons (Fsp3) is 0. The van der Waals surface area contributed by atoms with Crippen LogP contribution >= 0.6 is 17.2 Å². The summed E-state index contributed by atoms with van der Waals surface area (Å²) in [5.41, 5.74) is 0. The Hall–Kier alpha value is 1.91. The van der Waals surface area contributed by atoms with Gasteiger partial charge in [-0.1, -0.05) is 0 Å². The Morgan fingerprint density at radius 1 is 0.778 bits per heavy atom. The van der Waals surface area contributed by atoms with Crippen molar-refractivity contribution in [3.05, 3.63) is 0 Å². The van der Waals surface area contributed by atoms with E-state index in [0.29, 0.717) is 0 Å². The first-order valence-electron chi connectivity index (χ1n) is 1.10. The molecule has 0 aliphatic heterocycles. The molecule has 0 aromatic heterocycles. The maximum Gasteiger partial charge on any atom is 3.00 e. The molecule has 0 aromatic carbocycles. The fourth-order valence-corrected chi connectivity index (χ4v) is 0.490. The van der Waals surface area contributed by atoms with E-state index in [4.69, 9.17) is 0 Å². The molecule has 0 saturated heterocycles. The SMILES string of the molecule is [O-]P([O-])OP([O-])[O-].[Ru+3].[Ru+3]. The molecule has 54 valence electrons. The molecule has 0 atom stereocenters. The van der Waals surface area contributed by atoms with Crippen molar-refractivity contribution in [2.24, 2.45) is 0 Å². The third-order valence-corrected chi connectivity index (χ3v) is 1.20. The van der Waals surface area contributed by atoms with Gasteiger partial charge in [0.2, 0.25) is 0 Å². The van der Waals surface area contributed by atoms with E-state index in [2.05, 4.69) is 4.31 Å². The summed E-state index contributed by atoms with van der Waals surface area (Å²) >= 11 is 0. The first-order valence-corrected chi connectivity index (χ1v) is 3.29. The van der Waals surface area contributed by atoms with Gasteiger partial charge >= 0.3 is 39.0 Å². The van der Waals surface area contributed by atoms with Gasteiger partial charge in [0.15, 0.2) is 0 Å². The molecule has 0 fully saturated rings. The summed E-state index contributed by atoms with van der Waals surface area (Å²) in [6.45, 7) is 0. The van der Waals surface area contributed by atoms with Gasteiger partial charge in [-0.3, -0.25) is 0 Å². The number of hydrogen-bond acceptors (Lipinski definition) is 5. The second-order valence-corrected chi connectivity index (χ2v) is 2.08. The van der Waals surface area contributed by atoms with Crippen molar-refractivity contribution in [1.29, 1.82) is 0 Å². The van der Waals surface area contributed by atoms with Gasteiger partial charge in [-0.15, -0.1) is 0 Å². The summed E-state index contributed by atoms with van der Waals surface area (Å²) in [5, 5.41) is 0. The van der Waals surface area contributed by atoms with Crippen molar-refractivity contribution in [2.75, 3.05) is 0 Å². The summed E-state index contributed by atoms with van der Waals surface area (Å²) in [6, 6.07) is 0. The van der Waals surface area contributed by atoms with E-state index < -0.39 is 17.2 Å². The van der Waals surface area contributed by atoms with E-state index in [1.165, 1.54) is 0 Å². The fourth-order valence-electron chi connectivity index (χ4n) is 0.0544. The molecule has 5 nitrogen and oxygen atoms in total. The van der Waals surface area contributed by atoms with E-state index in [0.717, 1.165) is 0 Å². The standard InChI is InChI=1S/O5P2.2Ru/c1-6(2)5-7(3)4;;/q-4;2*+3. The van der Waals surface area contributed by atoms with Gasteiger partial charge in [-0.25, -0.2) is 0 Å². The van der Waals surface area contributed by atoms with Crippen LogP contribution in [0.15, 0.2) is 0 Å². The maximum absolute atomic E-state index is 9.24. The van der Waals surface area contributed by atoms with Crippen LogP contribution in [0, 0.1) is 0 Å². The van der Waals surface area contributed by atoms with Crippen LogP contribution in [0.5, 0.6) is 0 Å². The van der Waals surface area contributed by atoms with Crippen LogP contribution < -0.4 is 19.6 Å². The molecule has 9 heteroatoms. The van der Waals surface area contributed by atoms with Crippen LogP contribution in [0.2, 0.25) is 0 Å². The molecule has 0 N–H and O–H groups in total. The molecule has 0 aliphatic carbocycles. The van der Waals surface area contributed by atoms with Crippen molar-refractivity contribution in [2.45, 2.75) is 0 Å². The quantitative estimate of drug-likeness (QED) is 0.390. The summed E-state index contributed by atoms with van der Waals surface area (Å²) < 4.78 is 3.16. The predicted octanol–water partition coefficient (Wildman–Crippen LogP) is -3.11. The third kappa shape index (κ3) is 17.8. The van der Waals surface area contributed by atoms with Crippen molar-refractivity contribution < 1.29 is 62.8 Å². The minimum atomic E-state index is -3.24. The maximum atomic E-state index is 9.24. The Kier molecular flexibility index (Phi) is 18.8. The number of rotatable bonds is 2. The van der Waals surface area contributed by atoms with Crippen LogP contribution in [0.25, 0.3) is 0 Å². The van der Waals surface area contributed by atoms with E-state index >= 15 is 0 Å². The average Bonchev–Trinajstić information content (AvgIpc) is 1.27. The molecular weight excluding hydrogens is 344 g/mol. The van der Waals surface area contributed by atoms with E-state index in [9.17, 15) is 19.6 Å². The molecule has 0 aliphatic rings. The Balaban J connectivity index is -0.000000180. The van der Waals surface area contributed by atoms with E-state index in [1.54, 1.807) is 0 Å². The van der Waals surface area contributed by atoms with Crippen LogP contribution in [-0.4, -0.2) is 0 Å². The van der Waals surface area contributed by atoms with Gasteiger partial charge in [0, 0.05) is 0 Å². The van der Waals surface area contributed by atoms with Gasteiger partial charge < -0.3 is 23.9 Å². The van der Waals surface area contributed by atoms with Crippen LogP contribution in [0.3, 0.4) is 0 Å². The normalized spacial score (nSPS) is 8.67. The Bertz CT molecular complexity index is 42.2. The van der Waals surface area contributed by atoms with Gasteiger partial charge in [-0.2, -0.15) is 17.2 Å². The Morgan fingerprint density at radius 2 is 1.00 bits per heavy atom. The van der Waals surface area contributed by atoms with E-state index in [1.807, 2.05) is 0 Å². The molecule has 0 aromatic rings. The average molecular weight is 344 g/mol. The van der Waals surface area contributed by atoms with Gasteiger partial charge in [0.25, 0.3) is 0 Å². The topological polar surface area (TPSA) is 101 Å². The minimum Gasteiger partial charge on any atom is -0.820 e. The smallest absolute Gasteiger partial charge is 0.820 e. The molecule has 0 spiro atoms. The van der Waals surface area contributed by atoms with Crippen molar-refractivity contribution in [1.82, 2.24) is 0 Å². The monoisotopic (exact) mass is 346 g/mol. The van der Waals surface area contributed by atoms with Gasteiger partial charge in [-0.05, 0) is 0 Å². The molecule has 9 heavy (non-hydrogen) atoms. The first-order chi connectivity index (χ1) is 3.13. The van der Waals surface area contributed by atoms with Crippen molar-refractivity contribution >= 4 is 17.2 Å². The molecule has 0 saturated carbocycles. The zero-order valence-electron chi connectivity index (χ0n) is 3.64. The summed E-state index contributed by atoms with van der Waals surface area (Å²) in [6.07, 6.45) is 0. The van der Waals surface area contributed by atoms with Crippen LogP contribution in [-0.2, 0) is 43.3 Å². The molecule has 0 rings (SSSR count). The summed E-state index contributed by atoms with van der Waals surface area (Å²) in [7, 11) is -6.47. The summed E-state index contributed by atoms with van der Waals surface area (Å²) in [4.78, 5) is 37.0. The zero-order valence-corrected chi connectivity index (χ0v) is 8.91. The van der Waals surface area contributed by atoms with E-state index in [-0.39, 0.29) is 39.0 Å². The summed E-state index contributed by atoms with van der Waals surface area (Å²) in [5.74, 6) is 0. The van der Waals surface area contributed by atoms with Crippen molar-refractivity contribution in [3.63, 3.8) is 0 Å². The Labute approximate surface area is 80.0 Å². The second kappa shape index (κ2) is 9.91. The molecule has 0 amide bonds. The molecule has 0 bridgehead atoms. The number of hydrogen-bond donors (Lipinski definition) is 0. The first kappa shape index (κ1) is 17.1. The minimum absolute atomic E-state index is 0.